The van der Waals surface area contributed by atoms with E-state index in [1.165, 1.54) is 11.1 Å². The van der Waals surface area contributed by atoms with Gasteiger partial charge < -0.3 is 9.88 Å². The quantitative estimate of drug-likeness (QED) is 0.231. The Morgan fingerprint density at radius 2 is 1.77 bits per heavy atom. The van der Waals surface area contributed by atoms with Gasteiger partial charge in [0, 0.05) is 53.9 Å². The van der Waals surface area contributed by atoms with Crippen LogP contribution < -0.4 is 4.90 Å². The molecule has 1 aliphatic rings. The van der Waals surface area contributed by atoms with Gasteiger partial charge in [0.15, 0.2) is 11.6 Å². The number of aromatic amines is 1. The summed E-state index contributed by atoms with van der Waals surface area (Å²) in [7, 11) is 0. The van der Waals surface area contributed by atoms with E-state index in [0.29, 0.717) is 25.2 Å². The van der Waals surface area contributed by atoms with Crippen LogP contribution >= 0.6 is 0 Å². The van der Waals surface area contributed by atoms with Gasteiger partial charge >= 0.3 is 6.18 Å². The summed E-state index contributed by atoms with van der Waals surface area (Å²) in [6.07, 6.45) is 0.120. The van der Waals surface area contributed by atoms with Crippen molar-refractivity contribution in [3.63, 3.8) is 0 Å². The molecule has 5 aromatic rings. The molecule has 0 fully saturated rings. The third kappa shape index (κ3) is 4.24. The summed E-state index contributed by atoms with van der Waals surface area (Å²) < 4.78 is 56.5. The van der Waals surface area contributed by atoms with Gasteiger partial charge in [0.2, 0.25) is 0 Å². The highest BCUT2D eigenvalue weighted by molar-refractivity contribution is 5.97. The van der Waals surface area contributed by atoms with Gasteiger partial charge in [-0.15, -0.1) is 0 Å². The molecule has 9 heteroatoms. The Morgan fingerprint density at radius 1 is 1.02 bits per heavy atom. The Balaban J connectivity index is 1.56. The second kappa shape index (κ2) is 9.80. The number of aryl methyl sites for hydroxylation is 3. The molecule has 0 spiro atoms. The molecule has 0 bridgehead atoms. The molecule has 0 amide bonds. The van der Waals surface area contributed by atoms with Crippen LogP contribution in [0.2, 0.25) is 0 Å². The first kappa shape index (κ1) is 26.1. The predicted molar refractivity (Wildman–Crippen MR) is 148 cm³/mol. The molecule has 0 saturated carbocycles. The maximum absolute atomic E-state index is 15.0. The van der Waals surface area contributed by atoms with E-state index in [2.05, 4.69) is 61.1 Å². The second-order valence-electron chi connectivity index (χ2n) is 10.2. The van der Waals surface area contributed by atoms with Gasteiger partial charge in [-0.25, -0.2) is 14.1 Å². The molecular weight excluding hydrogens is 518 g/mol. The summed E-state index contributed by atoms with van der Waals surface area (Å²) in [4.78, 5) is 8.97. The van der Waals surface area contributed by atoms with E-state index < -0.39 is 17.6 Å². The van der Waals surface area contributed by atoms with Crippen molar-refractivity contribution in [2.75, 3.05) is 11.4 Å². The Morgan fingerprint density at radius 3 is 2.45 bits per heavy atom. The van der Waals surface area contributed by atoms with Crippen LogP contribution in [0.1, 0.15) is 47.4 Å². The Kier molecular flexibility index (Phi) is 6.40. The number of aromatic nitrogens is 4. The number of rotatable bonds is 5. The molecule has 4 heterocycles. The largest absolute Gasteiger partial charge is 0.417 e. The van der Waals surface area contributed by atoms with Gasteiger partial charge in [-0.3, -0.25) is 0 Å². The van der Waals surface area contributed by atoms with Crippen molar-refractivity contribution >= 4 is 16.7 Å². The first-order valence-corrected chi connectivity index (χ1v) is 13.5. The maximum Gasteiger partial charge on any atom is 0.417 e. The fourth-order valence-electron chi connectivity index (χ4n) is 5.81. The fraction of sp³-hybridized carbons (Fsp3) is 0.290. The van der Waals surface area contributed by atoms with Crippen LogP contribution in [0, 0.1) is 12.7 Å². The fourth-order valence-corrected chi connectivity index (χ4v) is 5.81. The smallest absolute Gasteiger partial charge is 0.361 e. The number of halogens is 4. The number of H-pyrrole nitrogens is 1. The van der Waals surface area contributed by atoms with Crippen LogP contribution in [-0.4, -0.2) is 26.3 Å². The molecule has 0 saturated heterocycles. The summed E-state index contributed by atoms with van der Waals surface area (Å²) in [5.74, 6) is -1.07. The normalized spacial score (nSPS) is 13.7. The highest BCUT2D eigenvalue weighted by Gasteiger charge is 2.34. The van der Waals surface area contributed by atoms with Crippen molar-refractivity contribution in [2.24, 2.45) is 0 Å². The van der Waals surface area contributed by atoms with E-state index >= 15 is 4.39 Å². The number of para-hydroxylation sites is 1. The average molecular weight is 548 g/mol. The van der Waals surface area contributed by atoms with Crippen LogP contribution in [0.25, 0.3) is 27.8 Å². The predicted octanol–water partition coefficient (Wildman–Crippen LogP) is 7.57. The van der Waals surface area contributed by atoms with Crippen molar-refractivity contribution in [1.82, 2.24) is 19.7 Å². The molecule has 2 aromatic carbocycles. The summed E-state index contributed by atoms with van der Waals surface area (Å²) in [6, 6.07) is 13.0. The minimum absolute atomic E-state index is 0.0868. The van der Waals surface area contributed by atoms with E-state index in [-0.39, 0.29) is 12.4 Å². The summed E-state index contributed by atoms with van der Waals surface area (Å²) in [5, 5.41) is 6.19. The standard InChI is InChI=1S/C31H29F4N5/c1-4-19-7-6-8-20(5-2)28(19)40-29(23-10-9-18(3)27-22(23)11-13-36-27)24-17-39(14-12-26(24)38-40)30-25(32)15-21(16-37-30)31(33,34)35/h6-11,13,15-16,36H,4-5,12,14,17H2,1-3H3. The molecule has 3 aromatic heterocycles. The number of pyridine rings is 1. The second-order valence-corrected chi connectivity index (χ2v) is 10.2. The number of hydrogen-bond acceptors (Lipinski definition) is 3. The van der Waals surface area contributed by atoms with E-state index in [1.54, 1.807) is 4.90 Å². The van der Waals surface area contributed by atoms with Crippen molar-refractivity contribution in [1.29, 1.82) is 0 Å². The van der Waals surface area contributed by atoms with E-state index in [0.717, 1.165) is 57.5 Å². The Hall–Kier alpha value is -4.14. The first-order chi connectivity index (χ1) is 19.2. The van der Waals surface area contributed by atoms with Crippen LogP contribution in [0.3, 0.4) is 0 Å². The lowest BCUT2D eigenvalue weighted by molar-refractivity contribution is -0.138. The summed E-state index contributed by atoms with van der Waals surface area (Å²) >= 11 is 0. The van der Waals surface area contributed by atoms with Gasteiger partial charge in [-0.05, 0) is 48.6 Å². The van der Waals surface area contributed by atoms with Crippen LogP contribution in [0.4, 0.5) is 23.4 Å². The minimum Gasteiger partial charge on any atom is -0.361 e. The topological polar surface area (TPSA) is 49.7 Å². The molecule has 0 aliphatic carbocycles. The van der Waals surface area contributed by atoms with Crippen molar-refractivity contribution in [3.05, 3.63) is 94.2 Å². The number of hydrogen-bond donors (Lipinski definition) is 1. The lowest BCUT2D eigenvalue weighted by Crippen LogP contribution is -2.32. The molecule has 40 heavy (non-hydrogen) atoms. The molecule has 5 nitrogen and oxygen atoms in total. The average Bonchev–Trinajstić information content (AvgIpc) is 3.58. The van der Waals surface area contributed by atoms with Crippen molar-refractivity contribution in [2.45, 2.75) is 52.8 Å². The third-order valence-electron chi connectivity index (χ3n) is 7.85. The highest BCUT2D eigenvalue weighted by Crippen LogP contribution is 2.40. The Bertz CT molecular complexity index is 1710. The molecule has 1 aliphatic heterocycles. The zero-order valence-corrected chi connectivity index (χ0v) is 22.5. The third-order valence-corrected chi connectivity index (χ3v) is 7.85. The number of benzene rings is 2. The number of nitrogens with zero attached hydrogens (tertiary/aromatic N) is 4. The number of alkyl halides is 3. The zero-order valence-electron chi connectivity index (χ0n) is 22.5. The highest BCUT2D eigenvalue weighted by atomic mass is 19.4. The van der Waals surface area contributed by atoms with Gasteiger partial charge in [0.1, 0.15) is 0 Å². The van der Waals surface area contributed by atoms with Crippen LogP contribution in [0.15, 0.2) is 54.9 Å². The van der Waals surface area contributed by atoms with Gasteiger partial charge in [0.05, 0.1) is 22.6 Å². The Labute approximate surface area is 229 Å². The molecular formula is C31H29F4N5. The SMILES string of the molecule is CCc1cccc(CC)c1-n1nc2c(c1-c1ccc(C)c3[nH]ccc13)CN(c1ncc(C(F)(F)F)cc1F)CC2. The van der Waals surface area contributed by atoms with Crippen LogP contribution in [-0.2, 0) is 32.0 Å². The molecule has 0 atom stereocenters. The zero-order chi connectivity index (χ0) is 28.2. The summed E-state index contributed by atoms with van der Waals surface area (Å²) in [6.45, 7) is 6.96. The minimum atomic E-state index is -4.66. The number of nitrogens with one attached hydrogen (secondary N) is 1. The maximum atomic E-state index is 15.0. The number of anilines is 1. The van der Waals surface area contributed by atoms with E-state index in [1.807, 2.05) is 16.9 Å². The lowest BCUT2D eigenvalue weighted by atomic mass is 9.96. The first-order valence-electron chi connectivity index (χ1n) is 13.5. The van der Waals surface area contributed by atoms with Crippen molar-refractivity contribution in [3.8, 4) is 16.9 Å². The van der Waals surface area contributed by atoms with Gasteiger partial charge in [0.25, 0.3) is 0 Å². The monoisotopic (exact) mass is 547 g/mol. The lowest BCUT2D eigenvalue weighted by Gasteiger charge is -2.28. The molecule has 0 unspecified atom stereocenters. The van der Waals surface area contributed by atoms with E-state index in [9.17, 15) is 13.2 Å². The molecule has 6 rings (SSSR count). The van der Waals surface area contributed by atoms with Gasteiger partial charge in [-0.2, -0.15) is 18.3 Å². The van der Waals surface area contributed by atoms with Gasteiger partial charge in [-0.1, -0.05) is 44.2 Å². The molecule has 0 radical (unpaired) electrons. The van der Waals surface area contributed by atoms with Crippen LogP contribution in [0.5, 0.6) is 0 Å². The number of fused-ring (bicyclic) bond motifs is 2. The molecule has 206 valence electrons. The van der Waals surface area contributed by atoms with Crippen molar-refractivity contribution < 1.29 is 17.6 Å². The van der Waals surface area contributed by atoms with E-state index in [4.69, 9.17) is 5.10 Å². The summed E-state index contributed by atoms with van der Waals surface area (Å²) in [5.41, 5.74) is 8.16. The molecule has 1 N–H and O–H groups in total.